The molecule has 0 unspecified atom stereocenters. The molecule has 0 aromatic heterocycles. The van der Waals surface area contributed by atoms with E-state index < -0.39 is 0 Å². The third kappa shape index (κ3) is 3.73. The van der Waals surface area contributed by atoms with Crippen LogP contribution < -0.4 is 19.5 Å². The van der Waals surface area contributed by atoms with Gasteiger partial charge in [0.1, 0.15) is 0 Å². The molecule has 0 spiro atoms. The second-order valence-corrected chi connectivity index (χ2v) is 6.03. The van der Waals surface area contributed by atoms with Crippen molar-refractivity contribution in [2.24, 2.45) is 0 Å². The topological polar surface area (TPSA) is 39.7 Å². The molecule has 0 amide bonds. The minimum absolute atomic E-state index is 0.621. The molecule has 2 rings (SSSR count). The predicted molar refractivity (Wildman–Crippen MR) is 83.3 cm³/mol. The van der Waals surface area contributed by atoms with Crippen LogP contribution in [0.25, 0.3) is 0 Å². The first-order valence-corrected chi connectivity index (χ1v) is 8.04. The van der Waals surface area contributed by atoms with Crippen LogP contribution in [0.2, 0.25) is 0 Å². The van der Waals surface area contributed by atoms with Crippen LogP contribution in [0, 0.1) is 0 Å². The Morgan fingerprint density at radius 2 is 1.65 bits per heavy atom. The summed E-state index contributed by atoms with van der Waals surface area (Å²) >= 11 is 2.04. The molecule has 0 atom stereocenters. The third-order valence-corrected chi connectivity index (χ3v) is 4.59. The van der Waals surface area contributed by atoms with Crippen LogP contribution in [0.5, 0.6) is 17.2 Å². The van der Waals surface area contributed by atoms with Crippen molar-refractivity contribution in [2.75, 3.05) is 32.8 Å². The first kappa shape index (κ1) is 15.3. The van der Waals surface area contributed by atoms with Crippen molar-refractivity contribution in [3.8, 4) is 17.2 Å². The summed E-state index contributed by atoms with van der Waals surface area (Å²) in [6.45, 7) is 0.825. The molecule has 1 heterocycles. The summed E-state index contributed by atoms with van der Waals surface area (Å²) in [5.41, 5.74) is 1.15. The zero-order chi connectivity index (χ0) is 14.4. The average Bonchev–Trinajstić information content (AvgIpc) is 2.52. The highest BCUT2D eigenvalue weighted by Gasteiger charge is 2.15. The molecule has 20 heavy (non-hydrogen) atoms. The van der Waals surface area contributed by atoms with Gasteiger partial charge in [0.05, 0.1) is 21.3 Å². The highest BCUT2D eigenvalue weighted by atomic mass is 32.2. The normalized spacial score (nSPS) is 15.9. The monoisotopic (exact) mass is 297 g/mol. The summed E-state index contributed by atoms with van der Waals surface area (Å²) in [4.78, 5) is 0. The van der Waals surface area contributed by atoms with Crippen molar-refractivity contribution in [3.63, 3.8) is 0 Å². The lowest BCUT2D eigenvalue weighted by Crippen LogP contribution is -2.32. The lowest BCUT2D eigenvalue weighted by Gasteiger charge is -2.23. The summed E-state index contributed by atoms with van der Waals surface area (Å²) in [5, 5.41) is 3.61. The maximum atomic E-state index is 5.38. The molecule has 0 aliphatic carbocycles. The maximum Gasteiger partial charge on any atom is 0.203 e. The van der Waals surface area contributed by atoms with Gasteiger partial charge in [-0.05, 0) is 42.0 Å². The zero-order valence-electron chi connectivity index (χ0n) is 12.4. The second kappa shape index (κ2) is 7.64. The summed E-state index contributed by atoms with van der Waals surface area (Å²) in [6, 6.07) is 4.63. The number of benzene rings is 1. The smallest absolute Gasteiger partial charge is 0.203 e. The first-order valence-electron chi connectivity index (χ1n) is 6.88. The SMILES string of the molecule is COc1cc(CNC2CCSCC2)cc(OC)c1OC. The number of hydrogen-bond acceptors (Lipinski definition) is 5. The minimum atomic E-state index is 0.621. The Balaban J connectivity index is 2.06. The molecule has 1 saturated heterocycles. The Morgan fingerprint density at radius 3 is 2.15 bits per heavy atom. The highest BCUT2D eigenvalue weighted by Crippen LogP contribution is 2.38. The van der Waals surface area contributed by atoms with E-state index in [0.29, 0.717) is 23.3 Å². The molecular weight excluding hydrogens is 274 g/mol. The lowest BCUT2D eigenvalue weighted by molar-refractivity contribution is 0.323. The first-order chi connectivity index (χ1) is 9.78. The molecule has 4 nitrogen and oxygen atoms in total. The number of nitrogens with one attached hydrogen (secondary N) is 1. The number of thioether (sulfide) groups is 1. The Kier molecular flexibility index (Phi) is 5.86. The fourth-order valence-corrected chi connectivity index (χ4v) is 3.51. The van der Waals surface area contributed by atoms with E-state index in [4.69, 9.17) is 14.2 Å². The Hall–Kier alpha value is -1.07. The van der Waals surface area contributed by atoms with Gasteiger partial charge in [-0.2, -0.15) is 11.8 Å². The van der Waals surface area contributed by atoms with Crippen molar-refractivity contribution in [1.29, 1.82) is 0 Å². The minimum Gasteiger partial charge on any atom is -0.493 e. The average molecular weight is 297 g/mol. The van der Waals surface area contributed by atoms with Gasteiger partial charge in [-0.1, -0.05) is 0 Å². The maximum absolute atomic E-state index is 5.38. The molecule has 0 radical (unpaired) electrons. The largest absolute Gasteiger partial charge is 0.493 e. The second-order valence-electron chi connectivity index (χ2n) is 4.80. The fourth-order valence-electron chi connectivity index (χ4n) is 2.40. The molecular formula is C15H23NO3S. The zero-order valence-corrected chi connectivity index (χ0v) is 13.2. The molecule has 1 N–H and O–H groups in total. The van der Waals surface area contributed by atoms with E-state index >= 15 is 0 Å². The molecule has 1 aliphatic heterocycles. The van der Waals surface area contributed by atoms with Gasteiger partial charge in [-0.25, -0.2) is 0 Å². The van der Waals surface area contributed by atoms with Gasteiger partial charge in [0, 0.05) is 12.6 Å². The molecule has 0 saturated carbocycles. The van der Waals surface area contributed by atoms with E-state index in [9.17, 15) is 0 Å². The van der Waals surface area contributed by atoms with Gasteiger partial charge in [-0.15, -0.1) is 0 Å². The molecule has 1 aliphatic rings. The van der Waals surface area contributed by atoms with Gasteiger partial charge in [0.15, 0.2) is 11.5 Å². The Labute approximate surface area is 125 Å². The quantitative estimate of drug-likeness (QED) is 0.874. The van der Waals surface area contributed by atoms with E-state index in [2.05, 4.69) is 5.32 Å². The number of methoxy groups -OCH3 is 3. The van der Waals surface area contributed by atoms with Crippen molar-refractivity contribution in [1.82, 2.24) is 5.32 Å². The van der Waals surface area contributed by atoms with E-state index in [1.165, 1.54) is 24.3 Å². The van der Waals surface area contributed by atoms with Crippen molar-refractivity contribution >= 4 is 11.8 Å². The molecule has 1 aromatic rings. The fraction of sp³-hybridized carbons (Fsp3) is 0.600. The number of ether oxygens (including phenoxy) is 3. The predicted octanol–water partition coefficient (Wildman–Crippen LogP) is 2.70. The van der Waals surface area contributed by atoms with Crippen LogP contribution in [0.4, 0.5) is 0 Å². The van der Waals surface area contributed by atoms with Gasteiger partial charge in [-0.3, -0.25) is 0 Å². The van der Waals surface area contributed by atoms with Crippen LogP contribution in [0.1, 0.15) is 18.4 Å². The van der Waals surface area contributed by atoms with E-state index in [-0.39, 0.29) is 0 Å². The van der Waals surface area contributed by atoms with Gasteiger partial charge in [0.2, 0.25) is 5.75 Å². The summed E-state index contributed by atoms with van der Waals surface area (Å²) in [7, 11) is 4.91. The van der Waals surface area contributed by atoms with Crippen LogP contribution >= 0.6 is 11.8 Å². The molecule has 5 heteroatoms. The van der Waals surface area contributed by atoms with Crippen LogP contribution in [0.3, 0.4) is 0 Å². The standard InChI is InChI=1S/C15H23NO3S/c1-17-13-8-11(9-14(18-2)15(13)19-3)10-16-12-4-6-20-7-5-12/h8-9,12,16H,4-7,10H2,1-3H3. The Bertz CT molecular complexity index is 408. The van der Waals surface area contributed by atoms with Crippen molar-refractivity contribution in [3.05, 3.63) is 17.7 Å². The summed E-state index contributed by atoms with van der Waals surface area (Å²) in [6.07, 6.45) is 2.49. The third-order valence-electron chi connectivity index (χ3n) is 3.54. The number of rotatable bonds is 6. The van der Waals surface area contributed by atoms with E-state index in [1.807, 2.05) is 23.9 Å². The number of hydrogen-bond donors (Lipinski definition) is 1. The molecule has 1 fully saturated rings. The van der Waals surface area contributed by atoms with Gasteiger partial charge < -0.3 is 19.5 Å². The van der Waals surface area contributed by atoms with E-state index in [0.717, 1.165) is 12.1 Å². The molecule has 0 bridgehead atoms. The van der Waals surface area contributed by atoms with Crippen molar-refractivity contribution < 1.29 is 14.2 Å². The van der Waals surface area contributed by atoms with Gasteiger partial charge >= 0.3 is 0 Å². The van der Waals surface area contributed by atoms with Gasteiger partial charge in [0.25, 0.3) is 0 Å². The van der Waals surface area contributed by atoms with Crippen LogP contribution in [0.15, 0.2) is 12.1 Å². The summed E-state index contributed by atoms with van der Waals surface area (Å²) in [5.74, 6) is 4.58. The van der Waals surface area contributed by atoms with Crippen LogP contribution in [-0.4, -0.2) is 38.9 Å². The molecule has 112 valence electrons. The van der Waals surface area contributed by atoms with Crippen LogP contribution in [-0.2, 0) is 6.54 Å². The Morgan fingerprint density at radius 1 is 1.05 bits per heavy atom. The lowest BCUT2D eigenvalue weighted by atomic mass is 10.1. The molecule has 1 aromatic carbocycles. The summed E-state index contributed by atoms with van der Waals surface area (Å²) < 4.78 is 16.1. The highest BCUT2D eigenvalue weighted by molar-refractivity contribution is 7.99. The van der Waals surface area contributed by atoms with E-state index in [1.54, 1.807) is 21.3 Å². The van der Waals surface area contributed by atoms with Crippen molar-refractivity contribution in [2.45, 2.75) is 25.4 Å².